The van der Waals surface area contributed by atoms with Gasteiger partial charge in [-0.3, -0.25) is 14.3 Å². The van der Waals surface area contributed by atoms with Gasteiger partial charge in [0.25, 0.3) is 17.7 Å². The van der Waals surface area contributed by atoms with Gasteiger partial charge in [0.2, 0.25) is 0 Å². The van der Waals surface area contributed by atoms with Crippen LogP contribution in [-0.4, -0.2) is 60.5 Å². The lowest BCUT2D eigenvalue weighted by Crippen LogP contribution is -2.58. The maximum absolute atomic E-state index is 13.3. The maximum atomic E-state index is 13.3. The van der Waals surface area contributed by atoms with Crippen LogP contribution in [0.4, 0.5) is 8.78 Å². The number of furan rings is 1. The van der Waals surface area contributed by atoms with Crippen molar-refractivity contribution in [1.29, 1.82) is 0 Å². The average Bonchev–Trinajstić information content (AvgIpc) is 3.64. The van der Waals surface area contributed by atoms with Gasteiger partial charge in [-0.15, -0.1) is 0 Å². The van der Waals surface area contributed by atoms with E-state index in [0.29, 0.717) is 39.9 Å². The van der Waals surface area contributed by atoms with E-state index in [1.165, 1.54) is 17.2 Å². The fourth-order valence-electron chi connectivity index (χ4n) is 5.54. The molecule has 5 heterocycles. The fourth-order valence-corrected chi connectivity index (χ4v) is 5.54. The predicted molar refractivity (Wildman–Crippen MR) is 137 cm³/mol. The van der Waals surface area contributed by atoms with Crippen LogP contribution in [0, 0.1) is 11.8 Å². The summed E-state index contributed by atoms with van der Waals surface area (Å²) in [6.45, 7) is 1.02. The summed E-state index contributed by atoms with van der Waals surface area (Å²) in [5, 5.41) is 7.28. The zero-order chi connectivity index (χ0) is 27.3. The zero-order valence-corrected chi connectivity index (χ0v) is 21.7. The van der Waals surface area contributed by atoms with Gasteiger partial charge in [-0.05, 0) is 42.9 Å². The lowest BCUT2D eigenvalue weighted by atomic mass is 9.79. The van der Waals surface area contributed by atoms with Gasteiger partial charge >= 0.3 is 0 Å². The molecule has 0 radical (unpaired) electrons. The maximum Gasteiger partial charge on any atom is 0.282 e. The molecule has 10 nitrogen and oxygen atoms in total. The van der Waals surface area contributed by atoms with Crippen LogP contribution < -0.4 is 5.32 Å². The molecule has 2 amide bonds. The molecule has 6 rings (SSSR count). The Kier molecular flexibility index (Phi) is 6.19. The minimum Gasteiger partial charge on any atom is -0.471 e. The van der Waals surface area contributed by atoms with Gasteiger partial charge in [0, 0.05) is 13.2 Å². The second-order valence-corrected chi connectivity index (χ2v) is 10.7. The third-order valence-corrected chi connectivity index (χ3v) is 7.83. The van der Waals surface area contributed by atoms with Crippen molar-refractivity contribution in [2.24, 2.45) is 18.9 Å². The monoisotopic (exact) mass is 537 g/mol. The normalized spacial score (nSPS) is 21.5. The molecular weight excluding hydrogens is 508 g/mol. The van der Waals surface area contributed by atoms with Crippen molar-refractivity contribution in [3.63, 3.8) is 0 Å². The number of likely N-dealkylation sites (tertiary alicyclic amines) is 1. The first kappa shape index (κ1) is 25.2. The molecule has 0 bridgehead atoms. The predicted octanol–water partition coefficient (Wildman–Crippen LogP) is 4.34. The van der Waals surface area contributed by atoms with Crippen molar-refractivity contribution >= 4 is 23.0 Å². The topological polar surface area (TPSA) is 122 Å². The molecule has 1 aliphatic heterocycles. The van der Waals surface area contributed by atoms with E-state index in [9.17, 15) is 18.4 Å². The van der Waals surface area contributed by atoms with Crippen molar-refractivity contribution in [3.8, 4) is 11.3 Å². The molecule has 2 fully saturated rings. The SMILES string of the molecule is Cn1nccc1C(=O)NC(c1nc2nc(-c3cocc3C(=O)N3CC(F)(F)C3)ccc2[nH]1)[C@H]1CC[C@H](C)CC1. The first-order valence-electron chi connectivity index (χ1n) is 13.1. The number of alkyl halides is 2. The molecule has 204 valence electrons. The average molecular weight is 538 g/mol. The minimum absolute atomic E-state index is 0.172. The van der Waals surface area contributed by atoms with E-state index in [-0.39, 0.29) is 23.4 Å². The molecule has 1 saturated carbocycles. The molecule has 12 heteroatoms. The summed E-state index contributed by atoms with van der Waals surface area (Å²) >= 11 is 0. The van der Waals surface area contributed by atoms with E-state index in [4.69, 9.17) is 9.40 Å². The number of carbonyl (C=O) groups excluding carboxylic acids is 2. The number of rotatable bonds is 6. The highest BCUT2D eigenvalue weighted by atomic mass is 19.3. The Labute approximate surface area is 222 Å². The largest absolute Gasteiger partial charge is 0.471 e. The number of nitrogens with zero attached hydrogens (tertiary/aromatic N) is 5. The van der Waals surface area contributed by atoms with Gasteiger partial charge in [0.05, 0.1) is 41.5 Å². The van der Waals surface area contributed by atoms with Gasteiger partial charge in [0.15, 0.2) is 5.65 Å². The Hall–Kier alpha value is -4.09. The molecule has 0 aromatic carbocycles. The van der Waals surface area contributed by atoms with E-state index in [1.54, 1.807) is 31.4 Å². The Morgan fingerprint density at radius 3 is 2.59 bits per heavy atom. The van der Waals surface area contributed by atoms with E-state index < -0.39 is 24.9 Å². The smallest absolute Gasteiger partial charge is 0.282 e. The van der Waals surface area contributed by atoms with Crippen LogP contribution in [0.1, 0.15) is 65.3 Å². The lowest BCUT2D eigenvalue weighted by Gasteiger charge is -2.38. The highest BCUT2D eigenvalue weighted by Crippen LogP contribution is 2.37. The Balaban J connectivity index is 1.30. The van der Waals surface area contributed by atoms with Crippen LogP contribution >= 0.6 is 0 Å². The summed E-state index contributed by atoms with van der Waals surface area (Å²) in [7, 11) is 1.72. The highest BCUT2D eigenvalue weighted by molar-refractivity contribution is 6.01. The molecule has 1 saturated heterocycles. The minimum atomic E-state index is -2.86. The van der Waals surface area contributed by atoms with Crippen molar-refractivity contribution in [3.05, 3.63) is 54.0 Å². The Morgan fingerprint density at radius 2 is 1.90 bits per heavy atom. The number of aromatic amines is 1. The highest BCUT2D eigenvalue weighted by Gasteiger charge is 2.47. The van der Waals surface area contributed by atoms with Crippen molar-refractivity contribution in [1.82, 2.24) is 34.9 Å². The molecule has 4 aromatic rings. The number of pyridine rings is 1. The summed E-state index contributed by atoms with van der Waals surface area (Å²) < 4.78 is 33.4. The number of amides is 2. The number of halogens is 2. The molecule has 2 aliphatic rings. The van der Waals surface area contributed by atoms with Crippen LogP contribution in [0.2, 0.25) is 0 Å². The van der Waals surface area contributed by atoms with E-state index in [0.717, 1.165) is 30.6 Å². The standard InChI is InChI=1S/C27H29F2N7O3/c1-15-3-5-16(6-4-15)22(33-25(37)21-9-10-30-35(21)2)24-32-20-8-7-19(31-23(20)34-24)17-11-39-12-18(17)26(38)36-13-27(28,29)14-36/h7-12,15-16,22H,3-6,13-14H2,1-2H3,(H,33,37)(H,31,32,34)/t15-,16-,22?. The third kappa shape index (κ3) is 4.79. The molecule has 1 atom stereocenters. The number of imidazole rings is 1. The van der Waals surface area contributed by atoms with Crippen LogP contribution in [0.5, 0.6) is 0 Å². The number of aromatic nitrogens is 5. The number of carbonyl (C=O) groups is 2. The fraction of sp³-hybridized carbons (Fsp3) is 0.444. The molecule has 1 unspecified atom stereocenters. The van der Waals surface area contributed by atoms with Gasteiger partial charge in [-0.2, -0.15) is 5.10 Å². The number of nitrogens with one attached hydrogen (secondary N) is 2. The van der Waals surface area contributed by atoms with Crippen LogP contribution in [0.25, 0.3) is 22.4 Å². The quantitative estimate of drug-likeness (QED) is 0.377. The summed E-state index contributed by atoms with van der Waals surface area (Å²) in [4.78, 5) is 39.8. The third-order valence-electron chi connectivity index (χ3n) is 7.83. The Morgan fingerprint density at radius 1 is 1.13 bits per heavy atom. The first-order valence-corrected chi connectivity index (χ1v) is 13.1. The van der Waals surface area contributed by atoms with Gasteiger partial charge in [0.1, 0.15) is 24.0 Å². The number of fused-ring (bicyclic) bond motifs is 1. The number of hydrogen-bond acceptors (Lipinski definition) is 6. The van der Waals surface area contributed by atoms with Gasteiger partial charge < -0.3 is 19.6 Å². The summed E-state index contributed by atoms with van der Waals surface area (Å²) in [5.41, 5.74) is 2.57. The lowest BCUT2D eigenvalue weighted by molar-refractivity contribution is -0.113. The van der Waals surface area contributed by atoms with Crippen molar-refractivity contribution in [2.75, 3.05) is 13.1 Å². The summed E-state index contributed by atoms with van der Waals surface area (Å²) in [6, 6.07) is 4.85. The zero-order valence-electron chi connectivity index (χ0n) is 21.7. The van der Waals surface area contributed by atoms with Crippen molar-refractivity contribution < 1.29 is 22.8 Å². The van der Waals surface area contributed by atoms with Crippen LogP contribution in [0.15, 0.2) is 41.3 Å². The Bertz CT molecular complexity index is 1520. The molecule has 0 spiro atoms. The summed E-state index contributed by atoms with van der Waals surface area (Å²) in [6.07, 6.45) is 8.29. The molecule has 39 heavy (non-hydrogen) atoms. The summed E-state index contributed by atoms with van der Waals surface area (Å²) in [5.74, 6) is -2.17. The van der Waals surface area contributed by atoms with Crippen LogP contribution in [0.3, 0.4) is 0 Å². The molecular formula is C27H29F2N7O3. The van der Waals surface area contributed by atoms with E-state index >= 15 is 0 Å². The number of hydrogen-bond donors (Lipinski definition) is 2. The molecule has 2 N–H and O–H groups in total. The number of aryl methyl sites for hydroxylation is 1. The van der Waals surface area contributed by atoms with Gasteiger partial charge in [-0.1, -0.05) is 19.8 Å². The van der Waals surface area contributed by atoms with E-state index in [2.05, 4.69) is 27.3 Å². The van der Waals surface area contributed by atoms with E-state index in [1.807, 2.05) is 0 Å². The van der Waals surface area contributed by atoms with Gasteiger partial charge in [-0.25, -0.2) is 18.7 Å². The van der Waals surface area contributed by atoms with Crippen molar-refractivity contribution in [2.45, 2.75) is 44.6 Å². The molecule has 4 aromatic heterocycles. The number of H-pyrrole nitrogens is 1. The second kappa shape index (κ2) is 9.58. The van der Waals surface area contributed by atoms with Crippen LogP contribution in [-0.2, 0) is 7.05 Å². The second-order valence-electron chi connectivity index (χ2n) is 10.7. The first-order chi connectivity index (χ1) is 18.7. The molecule has 1 aliphatic carbocycles.